The minimum atomic E-state index is -0.294. The van der Waals surface area contributed by atoms with Crippen LogP contribution < -0.4 is 10.2 Å². The van der Waals surface area contributed by atoms with Gasteiger partial charge in [0.15, 0.2) is 0 Å². The second-order valence-corrected chi connectivity index (χ2v) is 9.07. The fourth-order valence-electron chi connectivity index (χ4n) is 4.49. The zero-order chi connectivity index (χ0) is 23.1. The van der Waals surface area contributed by atoms with Crippen molar-refractivity contribution in [3.8, 4) is 0 Å². The van der Waals surface area contributed by atoms with Crippen LogP contribution in [-0.2, 0) is 13.0 Å². The quantitative estimate of drug-likeness (QED) is 0.549. The highest BCUT2D eigenvalue weighted by molar-refractivity contribution is 6.34. The molecule has 1 aliphatic heterocycles. The lowest BCUT2D eigenvalue weighted by molar-refractivity contribution is 0.0980. The van der Waals surface area contributed by atoms with Crippen LogP contribution in [0.25, 0.3) is 0 Å². The van der Waals surface area contributed by atoms with Gasteiger partial charge in [-0.25, -0.2) is 9.37 Å². The van der Waals surface area contributed by atoms with Gasteiger partial charge in [0.25, 0.3) is 5.91 Å². The predicted octanol–water partition coefficient (Wildman–Crippen LogP) is 3.81. The van der Waals surface area contributed by atoms with Crippen molar-refractivity contribution in [2.45, 2.75) is 38.8 Å². The van der Waals surface area contributed by atoms with E-state index in [-0.39, 0.29) is 30.9 Å². The fourth-order valence-corrected chi connectivity index (χ4v) is 4.78. The second-order valence-electron chi connectivity index (χ2n) is 8.66. The van der Waals surface area contributed by atoms with Gasteiger partial charge in [-0.3, -0.25) is 9.48 Å². The maximum atomic E-state index is 14.1. The van der Waals surface area contributed by atoms with E-state index in [1.165, 1.54) is 12.3 Å². The molecule has 9 heteroatoms. The van der Waals surface area contributed by atoms with Crippen LogP contribution in [0.3, 0.4) is 0 Å². The molecular formula is C24H25ClFN5O2. The first-order valence-corrected chi connectivity index (χ1v) is 11.5. The van der Waals surface area contributed by atoms with Gasteiger partial charge < -0.3 is 15.3 Å². The summed E-state index contributed by atoms with van der Waals surface area (Å²) in [6.45, 7) is 2.59. The number of aromatic nitrogens is 3. The molecule has 0 spiro atoms. The molecule has 0 bridgehead atoms. The standard InChI is InChI=1S/C24H25ClFN5O2/c1-14-22(18(25)11-27-23(14)29-20(13-32)15-6-7-15)30-9-8-21-17(24(30)33)10-28-31(21)12-16-4-2-3-5-19(16)26/h2-5,10-11,15,20,32H,6-9,12-13H2,1H3,(H,27,29)/t20-/m1/s1. The highest BCUT2D eigenvalue weighted by atomic mass is 35.5. The number of carbonyl (C=O) groups is 1. The summed E-state index contributed by atoms with van der Waals surface area (Å²) < 4.78 is 15.8. The molecule has 7 nitrogen and oxygen atoms in total. The van der Waals surface area contributed by atoms with E-state index in [2.05, 4.69) is 15.4 Å². The van der Waals surface area contributed by atoms with Crippen molar-refractivity contribution in [3.05, 3.63) is 69.9 Å². The summed E-state index contributed by atoms with van der Waals surface area (Å²) in [6.07, 6.45) is 5.82. The van der Waals surface area contributed by atoms with Crippen LogP contribution in [0.1, 0.15) is 40.0 Å². The minimum absolute atomic E-state index is 0.0247. The van der Waals surface area contributed by atoms with Crippen molar-refractivity contribution < 1.29 is 14.3 Å². The third-order valence-corrected chi connectivity index (χ3v) is 6.77. The number of amides is 1. The molecule has 2 aromatic heterocycles. The van der Waals surface area contributed by atoms with Crippen LogP contribution in [0.2, 0.25) is 5.02 Å². The van der Waals surface area contributed by atoms with Gasteiger partial charge in [-0.05, 0) is 31.7 Å². The summed E-state index contributed by atoms with van der Waals surface area (Å²) in [4.78, 5) is 19.5. The Kier molecular flexibility index (Phi) is 5.80. The zero-order valence-corrected chi connectivity index (χ0v) is 19.0. The lowest BCUT2D eigenvalue weighted by atomic mass is 10.0. The molecule has 33 heavy (non-hydrogen) atoms. The normalized spacial score (nSPS) is 16.6. The highest BCUT2D eigenvalue weighted by Crippen LogP contribution is 2.38. The van der Waals surface area contributed by atoms with E-state index in [4.69, 9.17) is 11.6 Å². The van der Waals surface area contributed by atoms with E-state index in [1.807, 2.05) is 6.92 Å². The summed E-state index contributed by atoms with van der Waals surface area (Å²) in [5, 5.41) is 17.8. The molecule has 1 amide bonds. The van der Waals surface area contributed by atoms with E-state index in [1.54, 1.807) is 34.0 Å². The number of aliphatic hydroxyl groups excluding tert-OH is 1. The maximum Gasteiger partial charge on any atom is 0.261 e. The molecule has 1 atom stereocenters. The topological polar surface area (TPSA) is 83.3 Å². The summed E-state index contributed by atoms with van der Waals surface area (Å²) in [5.41, 5.74) is 3.17. The van der Waals surface area contributed by atoms with Gasteiger partial charge in [-0.1, -0.05) is 29.8 Å². The number of benzene rings is 1. The predicted molar refractivity (Wildman–Crippen MR) is 124 cm³/mol. The molecule has 1 fully saturated rings. The smallest absolute Gasteiger partial charge is 0.261 e. The number of anilines is 2. The SMILES string of the molecule is Cc1c(N[C@H](CO)C2CC2)ncc(Cl)c1N1CCc2c(cnn2Cc2ccccc2F)C1=O. The number of fused-ring (bicyclic) bond motifs is 1. The Labute approximate surface area is 196 Å². The number of rotatable bonds is 7. The summed E-state index contributed by atoms with van der Waals surface area (Å²) in [6, 6.07) is 6.51. The van der Waals surface area contributed by atoms with Crippen LogP contribution in [0.4, 0.5) is 15.9 Å². The maximum absolute atomic E-state index is 14.1. The van der Waals surface area contributed by atoms with Crippen LogP contribution in [0, 0.1) is 18.7 Å². The number of hydrogen-bond donors (Lipinski definition) is 2. The Morgan fingerprint density at radius 2 is 2.09 bits per heavy atom. The van der Waals surface area contributed by atoms with Crippen molar-refractivity contribution in [3.63, 3.8) is 0 Å². The first-order chi connectivity index (χ1) is 16.0. The number of aliphatic hydroxyl groups is 1. The number of halogens is 2. The van der Waals surface area contributed by atoms with Crippen molar-refractivity contribution in [2.75, 3.05) is 23.4 Å². The van der Waals surface area contributed by atoms with Crippen LogP contribution >= 0.6 is 11.6 Å². The van der Waals surface area contributed by atoms with Gasteiger partial charge in [0.2, 0.25) is 0 Å². The molecule has 1 saturated carbocycles. The Hall–Kier alpha value is -2.97. The molecule has 3 heterocycles. The number of nitrogens with one attached hydrogen (secondary N) is 1. The molecule has 3 aromatic rings. The van der Waals surface area contributed by atoms with Crippen molar-refractivity contribution >= 4 is 29.0 Å². The van der Waals surface area contributed by atoms with Crippen LogP contribution in [-0.4, -0.2) is 45.0 Å². The van der Waals surface area contributed by atoms with Crippen molar-refractivity contribution in [1.82, 2.24) is 14.8 Å². The third-order valence-electron chi connectivity index (χ3n) is 6.50. The molecule has 0 saturated heterocycles. The largest absolute Gasteiger partial charge is 0.394 e. The first-order valence-electron chi connectivity index (χ1n) is 11.1. The van der Waals surface area contributed by atoms with E-state index in [9.17, 15) is 14.3 Å². The van der Waals surface area contributed by atoms with Crippen molar-refractivity contribution in [2.24, 2.45) is 5.92 Å². The molecule has 0 radical (unpaired) electrons. The van der Waals surface area contributed by atoms with Gasteiger partial charge >= 0.3 is 0 Å². The van der Waals surface area contributed by atoms with E-state index in [0.717, 1.165) is 24.1 Å². The number of carbonyl (C=O) groups excluding carboxylic acids is 1. The van der Waals surface area contributed by atoms with Gasteiger partial charge in [-0.15, -0.1) is 0 Å². The first kappa shape index (κ1) is 21.9. The van der Waals surface area contributed by atoms with Gasteiger partial charge in [-0.2, -0.15) is 5.10 Å². The average Bonchev–Trinajstić information content (AvgIpc) is 3.57. The monoisotopic (exact) mass is 469 g/mol. The van der Waals surface area contributed by atoms with Gasteiger partial charge in [0.1, 0.15) is 11.6 Å². The third kappa shape index (κ3) is 4.09. The van der Waals surface area contributed by atoms with E-state index < -0.39 is 0 Å². The summed E-state index contributed by atoms with van der Waals surface area (Å²) in [7, 11) is 0. The number of hydrogen-bond acceptors (Lipinski definition) is 5. The summed E-state index contributed by atoms with van der Waals surface area (Å²) in [5.74, 6) is 0.570. The zero-order valence-electron chi connectivity index (χ0n) is 18.3. The average molecular weight is 470 g/mol. The van der Waals surface area contributed by atoms with Gasteiger partial charge in [0, 0.05) is 24.1 Å². The second kappa shape index (κ2) is 8.76. The molecule has 0 unspecified atom stereocenters. The Morgan fingerprint density at radius 1 is 1.30 bits per heavy atom. The van der Waals surface area contributed by atoms with Crippen LogP contribution in [0.15, 0.2) is 36.7 Å². The van der Waals surface area contributed by atoms with Crippen LogP contribution in [0.5, 0.6) is 0 Å². The molecule has 5 rings (SSSR count). The molecule has 1 aliphatic carbocycles. The lowest BCUT2D eigenvalue weighted by Gasteiger charge is -2.30. The highest BCUT2D eigenvalue weighted by Gasteiger charge is 2.34. The van der Waals surface area contributed by atoms with Gasteiger partial charge in [0.05, 0.1) is 53.6 Å². The Morgan fingerprint density at radius 3 is 2.82 bits per heavy atom. The minimum Gasteiger partial charge on any atom is -0.394 e. The Balaban J connectivity index is 1.42. The molecule has 1 aromatic carbocycles. The van der Waals surface area contributed by atoms with E-state index >= 15 is 0 Å². The number of pyridine rings is 1. The molecule has 172 valence electrons. The fraction of sp³-hybridized carbons (Fsp3) is 0.375. The number of nitrogens with zero attached hydrogens (tertiary/aromatic N) is 4. The Bertz CT molecular complexity index is 1210. The summed E-state index contributed by atoms with van der Waals surface area (Å²) >= 11 is 6.51. The van der Waals surface area contributed by atoms with E-state index in [0.29, 0.717) is 46.5 Å². The molecular weight excluding hydrogens is 445 g/mol. The molecule has 2 aliphatic rings. The lowest BCUT2D eigenvalue weighted by Crippen LogP contribution is -2.39. The van der Waals surface area contributed by atoms with Crippen molar-refractivity contribution in [1.29, 1.82) is 0 Å². The molecule has 2 N–H and O–H groups in total.